The van der Waals surface area contributed by atoms with E-state index in [2.05, 4.69) is 12.2 Å². The summed E-state index contributed by atoms with van der Waals surface area (Å²) in [6, 6.07) is 0. The molecule has 2 fully saturated rings. The first-order chi connectivity index (χ1) is 7.22. The quantitative estimate of drug-likeness (QED) is 0.733. The zero-order valence-electron chi connectivity index (χ0n) is 9.41. The molecule has 4 atom stereocenters. The standard InChI is InChI=1S/C12H21NO2/c1-8-5-11(8)12(15)13-6-9-3-2-4-10(9)7-14/h8-11,14H,2-7H2,1H3,(H,13,15). The minimum atomic E-state index is 0.228. The van der Waals surface area contributed by atoms with Crippen molar-refractivity contribution in [1.29, 1.82) is 0 Å². The van der Waals surface area contributed by atoms with Crippen molar-refractivity contribution in [2.45, 2.75) is 32.6 Å². The Bertz CT molecular complexity index is 242. The third-order valence-corrected chi connectivity index (χ3v) is 4.04. The van der Waals surface area contributed by atoms with Gasteiger partial charge in [-0.15, -0.1) is 0 Å². The molecule has 0 radical (unpaired) electrons. The van der Waals surface area contributed by atoms with Crippen LogP contribution >= 0.6 is 0 Å². The number of carbonyl (C=O) groups is 1. The summed E-state index contributed by atoms with van der Waals surface area (Å²) in [6.45, 7) is 3.17. The number of aliphatic hydroxyl groups is 1. The lowest BCUT2D eigenvalue weighted by Crippen LogP contribution is -2.32. The Morgan fingerprint density at radius 1 is 1.40 bits per heavy atom. The smallest absolute Gasteiger partial charge is 0.223 e. The van der Waals surface area contributed by atoms with Crippen LogP contribution in [0.25, 0.3) is 0 Å². The van der Waals surface area contributed by atoms with E-state index in [0.717, 1.165) is 25.8 Å². The van der Waals surface area contributed by atoms with E-state index in [-0.39, 0.29) is 18.4 Å². The zero-order valence-corrected chi connectivity index (χ0v) is 9.41. The average molecular weight is 211 g/mol. The summed E-state index contributed by atoms with van der Waals surface area (Å²) in [5.41, 5.74) is 0. The lowest BCUT2D eigenvalue weighted by Gasteiger charge is -2.17. The number of nitrogens with one attached hydrogen (secondary N) is 1. The SMILES string of the molecule is CC1CC1C(=O)NCC1CCCC1CO. The lowest BCUT2D eigenvalue weighted by molar-refractivity contribution is -0.122. The van der Waals surface area contributed by atoms with E-state index in [1.807, 2.05) is 0 Å². The van der Waals surface area contributed by atoms with Crippen LogP contribution in [-0.2, 0) is 4.79 Å². The third kappa shape index (κ3) is 2.51. The molecule has 0 aromatic heterocycles. The maximum atomic E-state index is 11.6. The highest BCUT2D eigenvalue weighted by atomic mass is 16.3. The van der Waals surface area contributed by atoms with Gasteiger partial charge in [0.1, 0.15) is 0 Å². The summed E-state index contributed by atoms with van der Waals surface area (Å²) in [7, 11) is 0. The molecule has 15 heavy (non-hydrogen) atoms. The fraction of sp³-hybridized carbons (Fsp3) is 0.917. The van der Waals surface area contributed by atoms with Gasteiger partial charge < -0.3 is 10.4 Å². The number of hydrogen-bond acceptors (Lipinski definition) is 2. The molecule has 0 aromatic rings. The van der Waals surface area contributed by atoms with Crippen LogP contribution in [-0.4, -0.2) is 24.2 Å². The van der Waals surface area contributed by atoms with Crippen molar-refractivity contribution in [3.8, 4) is 0 Å². The summed E-state index contributed by atoms with van der Waals surface area (Å²) in [5, 5.41) is 12.2. The van der Waals surface area contributed by atoms with Crippen molar-refractivity contribution in [1.82, 2.24) is 5.32 Å². The Balaban J connectivity index is 1.70. The summed E-state index contributed by atoms with van der Waals surface area (Å²) in [5.74, 6) is 2.02. The highest BCUT2D eigenvalue weighted by Crippen LogP contribution is 2.38. The average Bonchev–Trinajstić information content (AvgIpc) is 2.81. The maximum Gasteiger partial charge on any atom is 0.223 e. The number of aliphatic hydroxyl groups excluding tert-OH is 1. The fourth-order valence-electron chi connectivity index (χ4n) is 2.67. The minimum Gasteiger partial charge on any atom is -0.396 e. The molecule has 2 aliphatic carbocycles. The van der Waals surface area contributed by atoms with Gasteiger partial charge in [-0.2, -0.15) is 0 Å². The van der Waals surface area contributed by atoms with Gasteiger partial charge in [0.15, 0.2) is 0 Å². The molecule has 0 saturated heterocycles. The van der Waals surface area contributed by atoms with Crippen molar-refractivity contribution in [3.63, 3.8) is 0 Å². The first kappa shape index (κ1) is 10.9. The Kier molecular flexibility index (Phi) is 3.29. The molecular formula is C12H21NO2. The Morgan fingerprint density at radius 2 is 2.07 bits per heavy atom. The highest BCUT2D eigenvalue weighted by Gasteiger charge is 2.39. The second-order valence-corrected chi connectivity index (χ2v) is 5.20. The largest absolute Gasteiger partial charge is 0.396 e. The van der Waals surface area contributed by atoms with E-state index in [4.69, 9.17) is 5.11 Å². The molecule has 2 N–H and O–H groups in total. The van der Waals surface area contributed by atoms with Gasteiger partial charge in [0.05, 0.1) is 0 Å². The van der Waals surface area contributed by atoms with Crippen molar-refractivity contribution in [2.75, 3.05) is 13.2 Å². The Morgan fingerprint density at radius 3 is 2.67 bits per heavy atom. The van der Waals surface area contributed by atoms with Gasteiger partial charge in [0, 0.05) is 19.1 Å². The molecular weight excluding hydrogens is 190 g/mol. The Hall–Kier alpha value is -0.570. The van der Waals surface area contributed by atoms with E-state index in [0.29, 0.717) is 17.8 Å². The monoisotopic (exact) mass is 211 g/mol. The molecule has 0 aromatic carbocycles. The van der Waals surface area contributed by atoms with Crippen LogP contribution in [0.1, 0.15) is 32.6 Å². The number of hydrogen-bond donors (Lipinski definition) is 2. The summed E-state index contributed by atoms with van der Waals surface area (Å²) >= 11 is 0. The van der Waals surface area contributed by atoms with Gasteiger partial charge >= 0.3 is 0 Å². The lowest BCUT2D eigenvalue weighted by atomic mass is 9.97. The van der Waals surface area contributed by atoms with Gasteiger partial charge in [-0.1, -0.05) is 13.3 Å². The van der Waals surface area contributed by atoms with Gasteiger partial charge in [-0.25, -0.2) is 0 Å². The van der Waals surface area contributed by atoms with E-state index in [1.165, 1.54) is 6.42 Å². The van der Waals surface area contributed by atoms with E-state index < -0.39 is 0 Å². The molecule has 2 aliphatic rings. The molecule has 0 aliphatic heterocycles. The second kappa shape index (κ2) is 4.52. The van der Waals surface area contributed by atoms with Gasteiger partial charge in [-0.3, -0.25) is 4.79 Å². The zero-order chi connectivity index (χ0) is 10.8. The molecule has 4 unspecified atom stereocenters. The van der Waals surface area contributed by atoms with Crippen LogP contribution in [0.5, 0.6) is 0 Å². The molecule has 3 heteroatoms. The number of rotatable bonds is 4. The van der Waals surface area contributed by atoms with Gasteiger partial charge in [0.25, 0.3) is 0 Å². The van der Waals surface area contributed by atoms with Crippen molar-refractivity contribution in [3.05, 3.63) is 0 Å². The first-order valence-corrected chi connectivity index (χ1v) is 6.11. The molecule has 3 nitrogen and oxygen atoms in total. The summed E-state index contributed by atoms with van der Waals surface area (Å²) in [4.78, 5) is 11.6. The van der Waals surface area contributed by atoms with E-state index in [9.17, 15) is 4.79 Å². The van der Waals surface area contributed by atoms with Crippen LogP contribution in [0.2, 0.25) is 0 Å². The van der Waals surface area contributed by atoms with Gasteiger partial charge in [0.2, 0.25) is 5.91 Å². The molecule has 0 spiro atoms. The predicted octanol–water partition coefficient (Wildman–Crippen LogP) is 1.17. The predicted molar refractivity (Wildman–Crippen MR) is 58.2 cm³/mol. The van der Waals surface area contributed by atoms with Crippen molar-refractivity contribution in [2.24, 2.45) is 23.7 Å². The minimum absolute atomic E-state index is 0.228. The van der Waals surface area contributed by atoms with Gasteiger partial charge in [-0.05, 0) is 37.0 Å². The normalized spacial score (nSPS) is 39.1. The van der Waals surface area contributed by atoms with Crippen molar-refractivity contribution >= 4 is 5.91 Å². The van der Waals surface area contributed by atoms with E-state index in [1.54, 1.807) is 0 Å². The summed E-state index contributed by atoms with van der Waals surface area (Å²) in [6.07, 6.45) is 4.54. The molecule has 0 heterocycles. The Labute approximate surface area is 91.2 Å². The summed E-state index contributed by atoms with van der Waals surface area (Å²) < 4.78 is 0. The van der Waals surface area contributed by atoms with Crippen LogP contribution in [0.3, 0.4) is 0 Å². The fourth-order valence-corrected chi connectivity index (χ4v) is 2.67. The van der Waals surface area contributed by atoms with Crippen LogP contribution < -0.4 is 5.32 Å². The van der Waals surface area contributed by atoms with E-state index >= 15 is 0 Å². The maximum absolute atomic E-state index is 11.6. The second-order valence-electron chi connectivity index (χ2n) is 5.20. The van der Waals surface area contributed by atoms with Crippen molar-refractivity contribution < 1.29 is 9.90 Å². The first-order valence-electron chi connectivity index (χ1n) is 6.11. The van der Waals surface area contributed by atoms with Crippen LogP contribution in [0, 0.1) is 23.7 Å². The van der Waals surface area contributed by atoms with Crippen LogP contribution in [0.4, 0.5) is 0 Å². The number of carbonyl (C=O) groups excluding carboxylic acids is 1. The molecule has 0 bridgehead atoms. The molecule has 1 amide bonds. The molecule has 2 saturated carbocycles. The molecule has 2 rings (SSSR count). The number of amides is 1. The topological polar surface area (TPSA) is 49.3 Å². The highest BCUT2D eigenvalue weighted by molar-refractivity contribution is 5.81. The third-order valence-electron chi connectivity index (χ3n) is 4.04. The van der Waals surface area contributed by atoms with Crippen LogP contribution in [0.15, 0.2) is 0 Å². The molecule has 86 valence electrons.